The van der Waals surface area contributed by atoms with Crippen molar-refractivity contribution >= 4 is 50.1 Å². The van der Waals surface area contributed by atoms with E-state index in [1.807, 2.05) is 35.7 Å². The van der Waals surface area contributed by atoms with E-state index >= 15 is 0 Å². The number of nitrogens with one attached hydrogen (secondary N) is 1. The van der Waals surface area contributed by atoms with Crippen molar-refractivity contribution in [2.45, 2.75) is 12.8 Å². The van der Waals surface area contributed by atoms with Crippen molar-refractivity contribution in [1.29, 1.82) is 0 Å². The van der Waals surface area contributed by atoms with Crippen molar-refractivity contribution in [3.05, 3.63) is 40.2 Å². The van der Waals surface area contributed by atoms with Gasteiger partial charge in [-0.3, -0.25) is 19.3 Å². The van der Waals surface area contributed by atoms with Crippen LogP contribution in [0.3, 0.4) is 0 Å². The van der Waals surface area contributed by atoms with E-state index in [2.05, 4.69) is 26.2 Å². The van der Waals surface area contributed by atoms with Gasteiger partial charge in [0.15, 0.2) is 5.13 Å². The second-order valence-corrected chi connectivity index (χ2v) is 8.57. The maximum Gasteiger partial charge on any atom is 0.246 e. The Morgan fingerprint density at radius 1 is 1.28 bits per heavy atom. The minimum atomic E-state index is -0.435. The monoisotopic (exact) mass is 475 g/mol. The van der Waals surface area contributed by atoms with E-state index in [1.165, 1.54) is 11.3 Å². The van der Waals surface area contributed by atoms with E-state index in [9.17, 15) is 14.4 Å². The molecule has 2 aromatic rings. The van der Waals surface area contributed by atoms with Crippen molar-refractivity contribution in [2.24, 2.45) is 11.8 Å². The highest BCUT2D eigenvalue weighted by molar-refractivity contribution is 9.10. The molecule has 2 heterocycles. The molecule has 0 saturated carbocycles. The zero-order valence-corrected chi connectivity index (χ0v) is 18.0. The van der Waals surface area contributed by atoms with E-state index in [0.717, 1.165) is 14.9 Å². The average molecular weight is 476 g/mol. The van der Waals surface area contributed by atoms with Crippen molar-refractivity contribution in [3.8, 4) is 17.0 Å². The molecule has 1 saturated heterocycles. The summed E-state index contributed by atoms with van der Waals surface area (Å²) >= 11 is 4.72. The van der Waals surface area contributed by atoms with Crippen LogP contribution in [-0.2, 0) is 14.4 Å². The van der Waals surface area contributed by atoms with Crippen molar-refractivity contribution < 1.29 is 19.1 Å². The molecular formula is C20H18BrN3O4S. The summed E-state index contributed by atoms with van der Waals surface area (Å²) in [5, 5.41) is 4.93. The van der Waals surface area contributed by atoms with Gasteiger partial charge in [0.2, 0.25) is 17.7 Å². The summed E-state index contributed by atoms with van der Waals surface area (Å²) in [7, 11) is 1.59. The van der Waals surface area contributed by atoms with E-state index < -0.39 is 5.91 Å². The third-order valence-electron chi connectivity index (χ3n) is 5.10. The van der Waals surface area contributed by atoms with Crippen LogP contribution in [0.5, 0.6) is 5.75 Å². The van der Waals surface area contributed by atoms with Crippen LogP contribution >= 0.6 is 27.3 Å². The molecule has 1 fully saturated rings. The number of thiazole rings is 1. The third-order valence-corrected chi connectivity index (χ3v) is 6.48. The predicted octanol–water partition coefficient (Wildman–Crippen LogP) is 3.47. The first-order valence-electron chi connectivity index (χ1n) is 9.07. The molecule has 1 aromatic carbocycles. The van der Waals surface area contributed by atoms with Gasteiger partial charge >= 0.3 is 0 Å². The van der Waals surface area contributed by atoms with Gasteiger partial charge < -0.3 is 10.1 Å². The Bertz CT molecular complexity index is 993. The fourth-order valence-electron chi connectivity index (χ4n) is 3.62. The maximum atomic E-state index is 12.5. The van der Waals surface area contributed by atoms with E-state index in [-0.39, 0.29) is 30.2 Å². The SMILES string of the molecule is COc1ccc(-c2csc(NC(=O)CN3C(=O)[C@H]4CC=CC[C@H]4C3=O)n2)cc1Br. The van der Waals surface area contributed by atoms with Gasteiger partial charge in [-0.25, -0.2) is 4.98 Å². The molecule has 2 atom stereocenters. The number of likely N-dealkylation sites (tertiary alicyclic amines) is 1. The molecule has 1 aliphatic carbocycles. The second kappa shape index (κ2) is 8.08. The van der Waals surface area contributed by atoms with Crippen LogP contribution in [-0.4, -0.2) is 41.3 Å². The topological polar surface area (TPSA) is 88.6 Å². The first kappa shape index (κ1) is 19.8. The Hall–Kier alpha value is -2.52. The first-order valence-corrected chi connectivity index (χ1v) is 10.7. The van der Waals surface area contributed by atoms with E-state index in [1.54, 1.807) is 7.11 Å². The van der Waals surface area contributed by atoms with Crippen LogP contribution in [0.15, 0.2) is 40.2 Å². The standard InChI is InChI=1S/C20H18BrN3O4S/c1-28-16-7-6-11(8-14(16)21)15-10-29-20(22-15)23-17(25)9-24-18(26)12-4-2-3-5-13(12)19(24)27/h2-3,6-8,10,12-13H,4-5,9H2,1H3,(H,22,23,25)/t12-,13+. The van der Waals surface area contributed by atoms with Crippen LogP contribution in [0.1, 0.15) is 12.8 Å². The highest BCUT2D eigenvalue weighted by Crippen LogP contribution is 2.35. The molecular weight excluding hydrogens is 458 g/mol. The molecule has 0 spiro atoms. The maximum absolute atomic E-state index is 12.5. The van der Waals surface area contributed by atoms with Gasteiger partial charge in [-0.05, 0) is 47.0 Å². The van der Waals surface area contributed by atoms with Crippen LogP contribution in [0.4, 0.5) is 5.13 Å². The largest absolute Gasteiger partial charge is 0.496 e. The number of fused-ring (bicyclic) bond motifs is 1. The van der Waals surface area contributed by atoms with Crippen molar-refractivity contribution in [3.63, 3.8) is 0 Å². The molecule has 0 radical (unpaired) electrons. The number of nitrogens with zero attached hydrogens (tertiary/aromatic N) is 2. The molecule has 4 rings (SSSR count). The quantitative estimate of drug-likeness (QED) is 0.528. The Labute approximate surface area is 179 Å². The van der Waals surface area contributed by atoms with Gasteiger partial charge in [0.1, 0.15) is 12.3 Å². The molecule has 150 valence electrons. The van der Waals surface area contributed by atoms with Gasteiger partial charge in [0, 0.05) is 10.9 Å². The number of carbonyl (C=O) groups is 3. The highest BCUT2D eigenvalue weighted by Gasteiger charge is 2.47. The van der Waals surface area contributed by atoms with Gasteiger partial charge in [-0.15, -0.1) is 11.3 Å². The number of hydrogen-bond donors (Lipinski definition) is 1. The number of rotatable bonds is 5. The van der Waals surface area contributed by atoms with Gasteiger partial charge in [0.05, 0.1) is 29.1 Å². The second-order valence-electron chi connectivity index (χ2n) is 6.85. The number of halogens is 1. The number of aromatic nitrogens is 1. The molecule has 9 heteroatoms. The van der Waals surface area contributed by atoms with Crippen molar-refractivity contribution in [2.75, 3.05) is 19.0 Å². The molecule has 3 amide bonds. The predicted molar refractivity (Wildman–Crippen MR) is 113 cm³/mol. The molecule has 1 aromatic heterocycles. The number of ether oxygens (including phenoxy) is 1. The zero-order chi connectivity index (χ0) is 20.5. The molecule has 1 aliphatic heterocycles. The van der Waals surface area contributed by atoms with Crippen LogP contribution in [0.2, 0.25) is 0 Å². The summed E-state index contributed by atoms with van der Waals surface area (Å²) in [6.07, 6.45) is 4.95. The van der Waals surface area contributed by atoms with E-state index in [0.29, 0.717) is 29.4 Å². The first-order chi connectivity index (χ1) is 14.0. The van der Waals surface area contributed by atoms with Gasteiger partial charge in [0.25, 0.3) is 0 Å². The summed E-state index contributed by atoms with van der Waals surface area (Å²) in [5.41, 5.74) is 1.58. The summed E-state index contributed by atoms with van der Waals surface area (Å²) in [6.45, 7) is -0.284. The highest BCUT2D eigenvalue weighted by atomic mass is 79.9. The lowest BCUT2D eigenvalue weighted by Crippen LogP contribution is -2.38. The Balaban J connectivity index is 1.41. The molecule has 7 nitrogen and oxygen atoms in total. The Morgan fingerprint density at radius 3 is 2.59 bits per heavy atom. The minimum absolute atomic E-state index is 0.262. The number of carbonyl (C=O) groups excluding carboxylic acids is 3. The van der Waals surface area contributed by atoms with Gasteiger partial charge in [-0.2, -0.15) is 0 Å². The third kappa shape index (κ3) is 3.84. The number of methoxy groups -OCH3 is 1. The lowest BCUT2D eigenvalue weighted by molar-refractivity contribution is -0.142. The number of imide groups is 1. The fraction of sp³-hybridized carbons (Fsp3) is 0.300. The Kier molecular flexibility index (Phi) is 5.51. The number of benzene rings is 1. The van der Waals surface area contributed by atoms with Crippen molar-refractivity contribution in [1.82, 2.24) is 9.88 Å². The zero-order valence-electron chi connectivity index (χ0n) is 15.6. The molecule has 2 aliphatic rings. The lowest BCUT2D eigenvalue weighted by Gasteiger charge is -2.14. The summed E-state index contributed by atoms with van der Waals surface area (Å²) in [5.74, 6) is -0.909. The van der Waals surface area contributed by atoms with E-state index in [4.69, 9.17) is 4.74 Å². The summed E-state index contributed by atoms with van der Waals surface area (Å²) in [4.78, 5) is 42.9. The normalized spacial score (nSPS) is 20.7. The van der Waals surface area contributed by atoms with Crippen LogP contribution < -0.4 is 10.1 Å². The number of hydrogen-bond acceptors (Lipinski definition) is 6. The Morgan fingerprint density at radius 2 is 1.97 bits per heavy atom. The van der Waals surface area contributed by atoms with Crippen LogP contribution in [0.25, 0.3) is 11.3 Å². The number of amides is 3. The average Bonchev–Trinajstić information content (AvgIpc) is 3.27. The number of anilines is 1. The van der Waals surface area contributed by atoms with Gasteiger partial charge in [-0.1, -0.05) is 12.2 Å². The molecule has 29 heavy (non-hydrogen) atoms. The minimum Gasteiger partial charge on any atom is -0.496 e. The summed E-state index contributed by atoms with van der Waals surface area (Å²) < 4.78 is 6.03. The summed E-state index contributed by atoms with van der Waals surface area (Å²) in [6, 6.07) is 5.59. The smallest absolute Gasteiger partial charge is 0.246 e. The fourth-order valence-corrected chi connectivity index (χ4v) is 4.89. The number of allylic oxidation sites excluding steroid dienone is 2. The molecule has 0 unspecified atom stereocenters. The van der Waals surface area contributed by atoms with Crippen LogP contribution in [0, 0.1) is 11.8 Å². The lowest BCUT2D eigenvalue weighted by atomic mass is 9.85. The molecule has 0 bridgehead atoms. The molecule has 1 N–H and O–H groups in total.